The summed E-state index contributed by atoms with van der Waals surface area (Å²) in [6, 6.07) is 0.759. The lowest BCUT2D eigenvalue weighted by Gasteiger charge is -2.33. The molecule has 3 heteroatoms. The minimum atomic E-state index is 0.759. The van der Waals surface area contributed by atoms with Crippen molar-refractivity contribution in [1.82, 2.24) is 10.2 Å². The Morgan fingerprint density at radius 2 is 2.25 bits per heavy atom. The van der Waals surface area contributed by atoms with Crippen molar-refractivity contribution < 1.29 is 0 Å². The summed E-state index contributed by atoms with van der Waals surface area (Å²) in [7, 11) is 0. The van der Waals surface area contributed by atoms with E-state index in [4.69, 9.17) is 0 Å². The van der Waals surface area contributed by atoms with E-state index in [1.807, 2.05) is 11.8 Å². The van der Waals surface area contributed by atoms with Crippen LogP contribution in [0.1, 0.15) is 39.0 Å². The van der Waals surface area contributed by atoms with Crippen molar-refractivity contribution in [1.29, 1.82) is 0 Å². The second kappa shape index (κ2) is 9.32. The topological polar surface area (TPSA) is 15.3 Å². The highest BCUT2D eigenvalue weighted by atomic mass is 32.2. The molecule has 0 radical (unpaired) electrons. The molecule has 1 saturated heterocycles. The molecule has 0 aromatic carbocycles. The van der Waals surface area contributed by atoms with Crippen LogP contribution in [0.25, 0.3) is 0 Å². The van der Waals surface area contributed by atoms with Gasteiger partial charge >= 0.3 is 0 Å². The minimum absolute atomic E-state index is 0.759. The third-order valence-electron chi connectivity index (χ3n) is 3.26. The van der Waals surface area contributed by atoms with Gasteiger partial charge in [0.2, 0.25) is 0 Å². The van der Waals surface area contributed by atoms with E-state index in [2.05, 4.69) is 23.4 Å². The Morgan fingerprint density at radius 3 is 3.00 bits per heavy atom. The third-order valence-corrected chi connectivity index (χ3v) is 3.96. The molecule has 0 aromatic rings. The molecule has 0 amide bonds. The van der Waals surface area contributed by atoms with Crippen LogP contribution in [-0.4, -0.2) is 49.1 Å². The Morgan fingerprint density at radius 1 is 1.38 bits per heavy atom. The van der Waals surface area contributed by atoms with Crippen LogP contribution in [-0.2, 0) is 0 Å². The van der Waals surface area contributed by atoms with Crippen molar-refractivity contribution in [3.05, 3.63) is 0 Å². The van der Waals surface area contributed by atoms with Gasteiger partial charge in [0, 0.05) is 12.6 Å². The number of thioether (sulfide) groups is 1. The zero-order valence-corrected chi connectivity index (χ0v) is 11.8. The third kappa shape index (κ3) is 6.12. The van der Waals surface area contributed by atoms with Gasteiger partial charge in [-0.05, 0) is 63.7 Å². The molecule has 0 bridgehead atoms. The minimum Gasteiger partial charge on any atom is -0.313 e. The zero-order valence-electron chi connectivity index (χ0n) is 11.0. The van der Waals surface area contributed by atoms with E-state index in [-0.39, 0.29) is 0 Å². The van der Waals surface area contributed by atoms with Crippen LogP contribution in [0.15, 0.2) is 0 Å². The lowest BCUT2D eigenvalue weighted by atomic mass is 10.1. The fourth-order valence-electron chi connectivity index (χ4n) is 2.36. The van der Waals surface area contributed by atoms with Crippen LogP contribution in [0, 0.1) is 0 Å². The molecule has 1 aliphatic rings. The van der Waals surface area contributed by atoms with E-state index >= 15 is 0 Å². The van der Waals surface area contributed by atoms with Gasteiger partial charge in [0.05, 0.1) is 0 Å². The van der Waals surface area contributed by atoms with Crippen molar-refractivity contribution in [3.8, 4) is 0 Å². The van der Waals surface area contributed by atoms with E-state index < -0.39 is 0 Å². The van der Waals surface area contributed by atoms with Gasteiger partial charge in [0.1, 0.15) is 0 Å². The van der Waals surface area contributed by atoms with Crippen LogP contribution in [0.4, 0.5) is 0 Å². The van der Waals surface area contributed by atoms with Gasteiger partial charge < -0.3 is 10.2 Å². The van der Waals surface area contributed by atoms with Crippen molar-refractivity contribution in [2.45, 2.75) is 45.1 Å². The van der Waals surface area contributed by atoms with Crippen molar-refractivity contribution in [2.24, 2.45) is 0 Å². The summed E-state index contributed by atoms with van der Waals surface area (Å²) in [6.07, 6.45) is 8.97. The monoisotopic (exact) mass is 244 g/mol. The summed E-state index contributed by atoms with van der Waals surface area (Å²) < 4.78 is 0. The SMILES string of the molecule is CCCNC1CCCN(CCCCSC)C1. The van der Waals surface area contributed by atoms with Gasteiger partial charge in [0.25, 0.3) is 0 Å². The molecule has 1 atom stereocenters. The fraction of sp³-hybridized carbons (Fsp3) is 1.00. The second-order valence-electron chi connectivity index (χ2n) is 4.79. The van der Waals surface area contributed by atoms with Gasteiger partial charge in [-0.3, -0.25) is 0 Å². The summed E-state index contributed by atoms with van der Waals surface area (Å²) in [5.41, 5.74) is 0. The zero-order chi connectivity index (χ0) is 11.6. The summed E-state index contributed by atoms with van der Waals surface area (Å²) in [5.74, 6) is 1.32. The Bertz CT molecular complexity index is 164. The first kappa shape index (κ1) is 14.3. The van der Waals surface area contributed by atoms with Gasteiger partial charge in [-0.2, -0.15) is 11.8 Å². The van der Waals surface area contributed by atoms with E-state index in [0.29, 0.717) is 0 Å². The molecule has 0 saturated carbocycles. The standard InChI is InChI=1S/C13H28N2S/c1-3-8-14-13-7-6-10-15(12-13)9-4-5-11-16-2/h13-14H,3-12H2,1-2H3. The lowest BCUT2D eigenvalue weighted by Crippen LogP contribution is -2.46. The molecule has 2 nitrogen and oxygen atoms in total. The molecule has 0 aliphatic carbocycles. The molecule has 1 unspecified atom stereocenters. The average Bonchev–Trinajstić information content (AvgIpc) is 2.33. The number of nitrogens with zero attached hydrogens (tertiary/aromatic N) is 1. The quantitative estimate of drug-likeness (QED) is 0.661. The summed E-state index contributed by atoms with van der Waals surface area (Å²) in [5, 5.41) is 3.66. The summed E-state index contributed by atoms with van der Waals surface area (Å²) in [4.78, 5) is 2.65. The average molecular weight is 244 g/mol. The maximum absolute atomic E-state index is 3.66. The number of unbranched alkanes of at least 4 members (excludes halogenated alkanes) is 1. The molecule has 0 spiro atoms. The van der Waals surface area contributed by atoms with Crippen LogP contribution in [0.2, 0.25) is 0 Å². The molecule has 16 heavy (non-hydrogen) atoms. The van der Waals surface area contributed by atoms with E-state index in [1.54, 1.807) is 0 Å². The van der Waals surface area contributed by atoms with E-state index in [0.717, 1.165) is 6.04 Å². The van der Waals surface area contributed by atoms with Gasteiger partial charge in [-0.1, -0.05) is 6.92 Å². The second-order valence-corrected chi connectivity index (χ2v) is 5.78. The predicted octanol–water partition coefficient (Wildman–Crippen LogP) is 2.59. The summed E-state index contributed by atoms with van der Waals surface area (Å²) >= 11 is 1.97. The molecule has 1 N–H and O–H groups in total. The maximum atomic E-state index is 3.66. The van der Waals surface area contributed by atoms with E-state index in [1.165, 1.54) is 64.0 Å². The Kier molecular flexibility index (Phi) is 8.34. The molecule has 96 valence electrons. The van der Waals surface area contributed by atoms with Crippen LogP contribution in [0.5, 0.6) is 0 Å². The van der Waals surface area contributed by atoms with Crippen molar-refractivity contribution >= 4 is 11.8 Å². The normalized spacial score (nSPS) is 22.5. The molecule has 1 heterocycles. The molecule has 1 fully saturated rings. The van der Waals surface area contributed by atoms with Crippen molar-refractivity contribution in [2.75, 3.05) is 38.2 Å². The first-order chi connectivity index (χ1) is 7.86. The lowest BCUT2D eigenvalue weighted by molar-refractivity contribution is 0.189. The number of hydrogen-bond donors (Lipinski definition) is 1. The predicted molar refractivity (Wildman–Crippen MR) is 75.4 cm³/mol. The molecular formula is C13H28N2S. The highest BCUT2D eigenvalue weighted by Gasteiger charge is 2.18. The number of nitrogens with one attached hydrogen (secondary N) is 1. The van der Waals surface area contributed by atoms with Gasteiger partial charge in [-0.25, -0.2) is 0 Å². The number of likely N-dealkylation sites (tertiary alicyclic amines) is 1. The highest BCUT2D eigenvalue weighted by Crippen LogP contribution is 2.11. The first-order valence-corrected chi connectivity index (χ1v) is 8.21. The van der Waals surface area contributed by atoms with Gasteiger partial charge in [-0.15, -0.1) is 0 Å². The maximum Gasteiger partial charge on any atom is 0.0195 e. The Labute approximate surface area is 106 Å². The molecular weight excluding hydrogens is 216 g/mol. The first-order valence-electron chi connectivity index (χ1n) is 6.81. The van der Waals surface area contributed by atoms with Gasteiger partial charge in [0.15, 0.2) is 0 Å². The van der Waals surface area contributed by atoms with Crippen molar-refractivity contribution in [3.63, 3.8) is 0 Å². The number of piperidine rings is 1. The number of rotatable bonds is 8. The van der Waals surface area contributed by atoms with Crippen LogP contribution < -0.4 is 5.32 Å². The largest absolute Gasteiger partial charge is 0.313 e. The highest BCUT2D eigenvalue weighted by molar-refractivity contribution is 7.98. The molecule has 1 aliphatic heterocycles. The molecule has 1 rings (SSSR count). The Hall–Kier alpha value is 0.270. The van der Waals surface area contributed by atoms with E-state index in [9.17, 15) is 0 Å². The van der Waals surface area contributed by atoms with Crippen LogP contribution in [0.3, 0.4) is 0 Å². The smallest absolute Gasteiger partial charge is 0.0195 e. The summed E-state index contributed by atoms with van der Waals surface area (Å²) in [6.45, 7) is 7.34. The molecule has 0 aromatic heterocycles. The fourth-order valence-corrected chi connectivity index (χ4v) is 2.85. The van der Waals surface area contributed by atoms with Crippen LogP contribution >= 0.6 is 11.8 Å². The number of hydrogen-bond acceptors (Lipinski definition) is 3. The Balaban J connectivity index is 2.07.